The van der Waals surface area contributed by atoms with Crippen molar-refractivity contribution in [1.29, 1.82) is 5.26 Å². The van der Waals surface area contributed by atoms with Crippen LogP contribution in [0.2, 0.25) is 0 Å². The Balaban J connectivity index is 3.76. The minimum absolute atomic E-state index is 0.414. The predicted octanol–water partition coefficient (Wildman–Crippen LogP) is 3.50. The average molecular weight is 237 g/mol. The second kappa shape index (κ2) is 9.68. The van der Waals surface area contributed by atoms with Gasteiger partial charge in [-0.2, -0.15) is 5.26 Å². The van der Waals surface area contributed by atoms with Gasteiger partial charge in [-0.15, -0.1) is 0 Å². The summed E-state index contributed by atoms with van der Waals surface area (Å²) in [5.74, 6) is 0. The average Bonchev–Trinajstić information content (AvgIpc) is 2.18. The van der Waals surface area contributed by atoms with Crippen molar-refractivity contribution in [2.75, 3.05) is 19.7 Å². The first kappa shape index (κ1) is 14.1. The summed E-state index contributed by atoms with van der Waals surface area (Å²) in [5.41, 5.74) is 0. The molecule has 14 heavy (non-hydrogen) atoms. The molecule has 82 valence electrons. The first-order valence-electron chi connectivity index (χ1n) is 4.96. The Labute approximate surface area is 92.7 Å². The van der Waals surface area contributed by atoms with Crippen LogP contribution >= 0.6 is 18.9 Å². The second-order valence-corrected chi connectivity index (χ2v) is 5.07. The minimum atomic E-state index is -1.01. The molecule has 0 aliphatic heterocycles. The van der Waals surface area contributed by atoms with Gasteiger partial charge in [-0.25, -0.2) is 4.67 Å². The SMILES string of the molecule is CCCN(CCC)P(Cl)OCCC#N. The van der Waals surface area contributed by atoms with Crippen molar-refractivity contribution in [3.05, 3.63) is 0 Å². The molecule has 0 saturated heterocycles. The van der Waals surface area contributed by atoms with Gasteiger partial charge in [-0.3, -0.25) is 0 Å². The van der Waals surface area contributed by atoms with Gasteiger partial charge in [0.25, 0.3) is 0 Å². The third-order valence-corrected chi connectivity index (χ3v) is 3.77. The van der Waals surface area contributed by atoms with Gasteiger partial charge in [-0.1, -0.05) is 13.8 Å². The fraction of sp³-hybridized carbons (Fsp3) is 0.889. The molecular weight excluding hydrogens is 219 g/mol. The Morgan fingerprint density at radius 3 is 2.36 bits per heavy atom. The summed E-state index contributed by atoms with van der Waals surface area (Å²) < 4.78 is 7.53. The second-order valence-electron chi connectivity index (χ2n) is 2.92. The van der Waals surface area contributed by atoms with E-state index in [1.165, 1.54) is 0 Å². The molecule has 0 radical (unpaired) electrons. The molecule has 1 unspecified atom stereocenters. The number of halogens is 1. The van der Waals surface area contributed by atoms with Crippen molar-refractivity contribution < 1.29 is 4.52 Å². The Morgan fingerprint density at radius 2 is 1.93 bits per heavy atom. The van der Waals surface area contributed by atoms with Crippen LogP contribution in [0.1, 0.15) is 33.1 Å². The zero-order valence-electron chi connectivity index (χ0n) is 8.87. The van der Waals surface area contributed by atoms with E-state index in [9.17, 15) is 0 Å². The first-order valence-corrected chi connectivity index (χ1v) is 7.08. The highest BCUT2D eigenvalue weighted by Crippen LogP contribution is 2.46. The van der Waals surface area contributed by atoms with Gasteiger partial charge >= 0.3 is 0 Å². The zero-order valence-corrected chi connectivity index (χ0v) is 10.5. The smallest absolute Gasteiger partial charge is 0.206 e. The highest BCUT2D eigenvalue weighted by Gasteiger charge is 2.15. The van der Waals surface area contributed by atoms with Gasteiger partial charge in [-0.05, 0) is 24.1 Å². The maximum absolute atomic E-state index is 8.34. The van der Waals surface area contributed by atoms with Crippen LogP contribution in [0, 0.1) is 11.3 Å². The number of nitriles is 1. The highest BCUT2D eigenvalue weighted by atomic mass is 35.7. The molecule has 1 atom stereocenters. The van der Waals surface area contributed by atoms with E-state index >= 15 is 0 Å². The molecule has 0 saturated carbocycles. The zero-order chi connectivity index (χ0) is 10.8. The van der Waals surface area contributed by atoms with Crippen LogP contribution in [0.3, 0.4) is 0 Å². The lowest BCUT2D eigenvalue weighted by Crippen LogP contribution is -2.19. The summed E-state index contributed by atoms with van der Waals surface area (Å²) in [5, 5.41) is 8.34. The lowest BCUT2D eigenvalue weighted by molar-refractivity contribution is 0.320. The van der Waals surface area contributed by atoms with Crippen LogP contribution in [0.5, 0.6) is 0 Å². The summed E-state index contributed by atoms with van der Waals surface area (Å²) in [7, 11) is -1.01. The van der Waals surface area contributed by atoms with E-state index in [-0.39, 0.29) is 0 Å². The molecule has 5 heteroatoms. The molecular formula is C9H18ClN2OP. The summed E-state index contributed by atoms with van der Waals surface area (Å²) in [6.07, 6.45) is 2.57. The van der Waals surface area contributed by atoms with Crippen molar-refractivity contribution >= 4 is 18.9 Å². The van der Waals surface area contributed by atoms with E-state index in [0.29, 0.717) is 13.0 Å². The molecule has 0 aromatic heterocycles. The first-order chi connectivity index (χ1) is 6.76. The predicted molar refractivity (Wildman–Crippen MR) is 61.1 cm³/mol. The molecule has 0 N–H and O–H groups in total. The van der Waals surface area contributed by atoms with E-state index in [1.54, 1.807) is 0 Å². The topological polar surface area (TPSA) is 36.3 Å². The Kier molecular flexibility index (Phi) is 9.77. The van der Waals surface area contributed by atoms with Crippen LogP contribution in [0.25, 0.3) is 0 Å². The van der Waals surface area contributed by atoms with Gasteiger partial charge in [0.1, 0.15) is 0 Å². The van der Waals surface area contributed by atoms with Crippen LogP contribution < -0.4 is 0 Å². The lowest BCUT2D eigenvalue weighted by Gasteiger charge is -2.24. The molecule has 0 amide bonds. The maximum Gasteiger partial charge on any atom is 0.206 e. The Bertz CT molecular complexity index is 169. The summed E-state index contributed by atoms with van der Waals surface area (Å²) >= 11 is 6.10. The van der Waals surface area contributed by atoms with E-state index in [4.69, 9.17) is 21.0 Å². The normalized spacial score (nSPS) is 12.8. The summed E-state index contributed by atoms with van der Waals surface area (Å²) in [6, 6.07) is 2.03. The van der Waals surface area contributed by atoms with Gasteiger partial charge in [0.05, 0.1) is 19.1 Å². The van der Waals surface area contributed by atoms with Crippen LogP contribution in [-0.4, -0.2) is 24.4 Å². The fourth-order valence-corrected chi connectivity index (χ4v) is 2.81. The quantitative estimate of drug-likeness (QED) is 0.478. The Morgan fingerprint density at radius 1 is 1.36 bits per heavy atom. The molecule has 0 heterocycles. The third-order valence-electron chi connectivity index (χ3n) is 1.60. The number of rotatable bonds is 8. The lowest BCUT2D eigenvalue weighted by atomic mass is 10.4. The van der Waals surface area contributed by atoms with E-state index in [1.807, 2.05) is 6.07 Å². The Hall–Kier alpha value is 0.130. The van der Waals surface area contributed by atoms with Crippen LogP contribution in [0.15, 0.2) is 0 Å². The minimum Gasteiger partial charge on any atom is -0.330 e. The maximum atomic E-state index is 8.34. The van der Waals surface area contributed by atoms with Crippen molar-refractivity contribution in [2.45, 2.75) is 33.1 Å². The fourth-order valence-electron chi connectivity index (χ4n) is 1.03. The van der Waals surface area contributed by atoms with E-state index in [2.05, 4.69) is 18.5 Å². The third kappa shape index (κ3) is 6.56. The summed E-state index contributed by atoms with van der Waals surface area (Å²) in [6.45, 7) is 6.62. The molecule has 0 aromatic rings. The van der Waals surface area contributed by atoms with Crippen molar-refractivity contribution in [3.63, 3.8) is 0 Å². The molecule has 3 nitrogen and oxygen atoms in total. The molecule has 0 aromatic carbocycles. The molecule has 0 spiro atoms. The van der Waals surface area contributed by atoms with E-state index in [0.717, 1.165) is 25.9 Å². The van der Waals surface area contributed by atoms with Crippen LogP contribution in [0.4, 0.5) is 0 Å². The van der Waals surface area contributed by atoms with Crippen molar-refractivity contribution in [3.8, 4) is 6.07 Å². The standard InChI is InChI=1S/C9H18ClN2OP/c1-3-7-12(8-4-2)14(10)13-9-5-6-11/h3-5,7-9H2,1-2H3. The molecule has 0 fully saturated rings. The summed E-state index contributed by atoms with van der Waals surface area (Å²) in [4.78, 5) is 0. The van der Waals surface area contributed by atoms with E-state index < -0.39 is 7.65 Å². The monoisotopic (exact) mass is 236 g/mol. The number of nitrogens with zero attached hydrogens (tertiary/aromatic N) is 2. The van der Waals surface area contributed by atoms with Gasteiger partial charge in [0.2, 0.25) is 7.65 Å². The highest BCUT2D eigenvalue weighted by molar-refractivity contribution is 7.78. The molecule has 0 rings (SSSR count). The van der Waals surface area contributed by atoms with Gasteiger partial charge in [0, 0.05) is 13.1 Å². The molecule has 0 aliphatic carbocycles. The van der Waals surface area contributed by atoms with Crippen LogP contribution in [-0.2, 0) is 4.52 Å². The number of hydrogen-bond acceptors (Lipinski definition) is 3. The largest absolute Gasteiger partial charge is 0.330 e. The van der Waals surface area contributed by atoms with Gasteiger partial charge in [0.15, 0.2) is 0 Å². The molecule has 0 bridgehead atoms. The number of hydrogen-bond donors (Lipinski definition) is 0. The molecule has 0 aliphatic rings. The van der Waals surface area contributed by atoms with Crippen molar-refractivity contribution in [1.82, 2.24) is 4.67 Å². The van der Waals surface area contributed by atoms with Gasteiger partial charge < -0.3 is 4.52 Å². The van der Waals surface area contributed by atoms with Crippen molar-refractivity contribution in [2.24, 2.45) is 0 Å².